The Morgan fingerprint density at radius 2 is 2.16 bits per heavy atom. The second-order valence-corrected chi connectivity index (χ2v) is 4.00. The van der Waals surface area contributed by atoms with Gasteiger partial charge in [-0.1, -0.05) is 0 Å². The number of carbonyl (C=O) groups is 2. The van der Waals surface area contributed by atoms with Crippen LogP contribution in [0.5, 0.6) is 0 Å². The van der Waals surface area contributed by atoms with Crippen molar-refractivity contribution in [3.8, 4) is 0 Å². The van der Waals surface area contributed by atoms with Gasteiger partial charge in [0, 0.05) is 26.2 Å². The molecule has 2 rings (SSSR count). The average Bonchev–Trinajstić information content (AvgIpc) is 2.92. The highest BCUT2D eigenvalue weighted by atomic mass is 16.5. The summed E-state index contributed by atoms with van der Waals surface area (Å²) in [5.74, 6) is -1.31. The Balaban J connectivity index is 1.64. The third-order valence-corrected chi connectivity index (χ3v) is 2.67. The van der Waals surface area contributed by atoms with Crippen LogP contribution in [0.25, 0.3) is 0 Å². The third-order valence-electron chi connectivity index (χ3n) is 2.67. The Bertz CT molecular complexity index is 415. The van der Waals surface area contributed by atoms with Crippen LogP contribution in [-0.2, 0) is 14.3 Å². The molecule has 19 heavy (non-hydrogen) atoms. The van der Waals surface area contributed by atoms with Gasteiger partial charge in [-0.25, -0.2) is 5.10 Å². The van der Waals surface area contributed by atoms with Crippen molar-refractivity contribution in [3.63, 3.8) is 0 Å². The highest BCUT2D eigenvalue weighted by Crippen LogP contribution is 1.95. The second-order valence-electron chi connectivity index (χ2n) is 4.00. The Labute approximate surface area is 109 Å². The van der Waals surface area contributed by atoms with Crippen LogP contribution in [-0.4, -0.2) is 71.3 Å². The number of hydrogen-bond acceptors (Lipinski definition) is 6. The van der Waals surface area contributed by atoms with E-state index >= 15 is 0 Å². The Kier molecular flexibility index (Phi) is 4.81. The first-order chi connectivity index (χ1) is 9.25. The van der Waals surface area contributed by atoms with Crippen molar-refractivity contribution in [3.05, 3.63) is 6.33 Å². The number of H-pyrrole nitrogens is 1. The van der Waals surface area contributed by atoms with Crippen molar-refractivity contribution in [2.75, 3.05) is 44.7 Å². The fourth-order valence-corrected chi connectivity index (χ4v) is 1.66. The molecule has 104 valence electrons. The molecule has 0 unspecified atom stereocenters. The zero-order valence-corrected chi connectivity index (χ0v) is 10.4. The average molecular weight is 268 g/mol. The van der Waals surface area contributed by atoms with Crippen LogP contribution in [0, 0.1) is 0 Å². The van der Waals surface area contributed by atoms with E-state index < -0.39 is 11.8 Å². The van der Waals surface area contributed by atoms with Crippen LogP contribution in [0.4, 0.5) is 5.95 Å². The minimum Gasteiger partial charge on any atom is -0.379 e. The summed E-state index contributed by atoms with van der Waals surface area (Å²) in [6.07, 6.45) is 1.24. The van der Waals surface area contributed by atoms with E-state index in [-0.39, 0.29) is 5.95 Å². The predicted octanol–water partition coefficient (Wildman–Crippen LogP) is -1.81. The molecule has 0 aromatic carbocycles. The van der Waals surface area contributed by atoms with Crippen molar-refractivity contribution in [1.82, 2.24) is 25.4 Å². The smallest absolute Gasteiger partial charge is 0.316 e. The van der Waals surface area contributed by atoms with Gasteiger partial charge in [0.1, 0.15) is 6.33 Å². The van der Waals surface area contributed by atoms with Gasteiger partial charge in [-0.05, 0) is 0 Å². The molecule has 2 heterocycles. The quantitative estimate of drug-likeness (QED) is 0.555. The number of aromatic amines is 1. The monoisotopic (exact) mass is 268 g/mol. The Morgan fingerprint density at radius 1 is 1.37 bits per heavy atom. The SMILES string of the molecule is O=C(NCCN1CCOCC1)C(=O)Nc1ncn[nH]1. The van der Waals surface area contributed by atoms with Crippen molar-refractivity contribution >= 4 is 17.8 Å². The summed E-state index contributed by atoms with van der Waals surface area (Å²) in [6, 6.07) is 0. The van der Waals surface area contributed by atoms with Crippen molar-refractivity contribution in [2.24, 2.45) is 0 Å². The second kappa shape index (κ2) is 6.81. The molecule has 1 aromatic heterocycles. The van der Waals surface area contributed by atoms with E-state index in [1.807, 2.05) is 0 Å². The molecule has 0 bridgehead atoms. The fraction of sp³-hybridized carbons (Fsp3) is 0.600. The Morgan fingerprint density at radius 3 is 2.84 bits per heavy atom. The molecule has 9 nitrogen and oxygen atoms in total. The van der Waals surface area contributed by atoms with Gasteiger partial charge in [0.15, 0.2) is 0 Å². The number of morpholine rings is 1. The molecule has 2 amide bonds. The summed E-state index contributed by atoms with van der Waals surface area (Å²) in [7, 11) is 0. The van der Waals surface area contributed by atoms with Crippen molar-refractivity contribution in [2.45, 2.75) is 0 Å². The number of ether oxygens (including phenoxy) is 1. The lowest BCUT2D eigenvalue weighted by Crippen LogP contribution is -2.43. The number of amides is 2. The van der Waals surface area contributed by atoms with E-state index in [1.54, 1.807) is 0 Å². The van der Waals surface area contributed by atoms with Crippen LogP contribution in [0.2, 0.25) is 0 Å². The molecule has 1 fully saturated rings. The molecule has 0 radical (unpaired) electrons. The molecular formula is C10H16N6O3. The minimum absolute atomic E-state index is 0.147. The van der Waals surface area contributed by atoms with E-state index in [0.29, 0.717) is 26.3 Å². The highest BCUT2D eigenvalue weighted by Gasteiger charge is 2.15. The number of anilines is 1. The van der Waals surface area contributed by atoms with Gasteiger partial charge in [0.25, 0.3) is 0 Å². The molecule has 1 saturated heterocycles. The van der Waals surface area contributed by atoms with Gasteiger partial charge >= 0.3 is 11.8 Å². The third kappa shape index (κ3) is 4.30. The van der Waals surface area contributed by atoms with Gasteiger partial charge in [-0.2, -0.15) is 10.1 Å². The van der Waals surface area contributed by atoms with Gasteiger partial charge in [-0.15, -0.1) is 0 Å². The molecule has 1 aromatic rings. The van der Waals surface area contributed by atoms with E-state index in [9.17, 15) is 9.59 Å². The highest BCUT2D eigenvalue weighted by molar-refractivity contribution is 6.39. The molecule has 9 heteroatoms. The van der Waals surface area contributed by atoms with Gasteiger partial charge in [-0.3, -0.25) is 19.8 Å². The number of hydrogen-bond donors (Lipinski definition) is 3. The minimum atomic E-state index is -0.765. The maximum atomic E-state index is 11.5. The molecule has 0 spiro atoms. The summed E-state index contributed by atoms with van der Waals surface area (Å²) in [5.41, 5.74) is 0. The van der Waals surface area contributed by atoms with Crippen LogP contribution in [0.1, 0.15) is 0 Å². The van der Waals surface area contributed by atoms with Crippen molar-refractivity contribution < 1.29 is 14.3 Å². The summed E-state index contributed by atoms with van der Waals surface area (Å²) < 4.78 is 5.21. The van der Waals surface area contributed by atoms with E-state index in [1.165, 1.54) is 6.33 Å². The van der Waals surface area contributed by atoms with Crippen LogP contribution in [0.3, 0.4) is 0 Å². The lowest BCUT2D eigenvalue weighted by atomic mass is 10.4. The molecule has 3 N–H and O–H groups in total. The number of nitrogens with zero attached hydrogens (tertiary/aromatic N) is 3. The summed E-state index contributed by atoms with van der Waals surface area (Å²) in [4.78, 5) is 28.8. The van der Waals surface area contributed by atoms with Gasteiger partial charge in [0.2, 0.25) is 5.95 Å². The number of nitrogens with one attached hydrogen (secondary N) is 3. The maximum Gasteiger partial charge on any atom is 0.316 e. The number of carbonyl (C=O) groups excluding carboxylic acids is 2. The first kappa shape index (κ1) is 13.4. The standard InChI is InChI=1S/C10H16N6O3/c17-8(9(18)14-10-12-7-13-15-10)11-1-2-16-3-5-19-6-4-16/h7H,1-6H2,(H,11,17)(H2,12,13,14,15,18). The molecule has 0 atom stereocenters. The van der Waals surface area contributed by atoms with Gasteiger partial charge in [0.05, 0.1) is 13.2 Å². The normalized spacial score (nSPS) is 16.0. The molecule has 1 aliphatic rings. The van der Waals surface area contributed by atoms with Gasteiger partial charge < -0.3 is 10.1 Å². The Hall–Kier alpha value is -2.00. The molecule has 1 aliphatic heterocycles. The lowest BCUT2D eigenvalue weighted by molar-refractivity contribution is -0.136. The number of rotatable bonds is 4. The largest absolute Gasteiger partial charge is 0.379 e. The molecule has 0 saturated carbocycles. The first-order valence-electron chi connectivity index (χ1n) is 6.00. The fourth-order valence-electron chi connectivity index (χ4n) is 1.66. The first-order valence-corrected chi connectivity index (χ1v) is 6.00. The summed E-state index contributed by atoms with van der Waals surface area (Å²) in [5, 5.41) is 10.8. The van der Waals surface area contributed by atoms with E-state index in [2.05, 4.69) is 30.7 Å². The maximum absolute atomic E-state index is 11.5. The lowest BCUT2D eigenvalue weighted by Gasteiger charge is -2.26. The topological polar surface area (TPSA) is 112 Å². The van der Waals surface area contributed by atoms with Crippen LogP contribution < -0.4 is 10.6 Å². The molecule has 0 aliphatic carbocycles. The summed E-state index contributed by atoms with van der Waals surface area (Å²) in [6.45, 7) is 4.23. The predicted molar refractivity (Wildman–Crippen MR) is 65.3 cm³/mol. The van der Waals surface area contributed by atoms with E-state index in [0.717, 1.165) is 13.1 Å². The van der Waals surface area contributed by atoms with Crippen molar-refractivity contribution in [1.29, 1.82) is 0 Å². The number of aromatic nitrogens is 3. The summed E-state index contributed by atoms with van der Waals surface area (Å²) >= 11 is 0. The zero-order chi connectivity index (χ0) is 13.5. The van der Waals surface area contributed by atoms with Crippen LogP contribution >= 0.6 is 0 Å². The van der Waals surface area contributed by atoms with Crippen LogP contribution in [0.15, 0.2) is 6.33 Å². The zero-order valence-electron chi connectivity index (χ0n) is 10.4. The van der Waals surface area contributed by atoms with E-state index in [4.69, 9.17) is 4.74 Å². The molecular weight excluding hydrogens is 252 g/mol.